The Balaban J connectivity index is 3.09. The topological polar surface area (TPSA) is 35.5 Å². The van der Waals surface area contributed by atoms with Gasteiger partial charge >= 0.3 is 0 Å². The molecular weight excluding hydrogens is 255 g/mol. The van der Waals surface area contributed by atoms with Crippen molar-refractivity contribution in [2.45, 2.75) is 0 Å². The highest BCUT2D eigenvalue weighted by Crippen LogP contribution is 2.28. The number of rotatable bonds is 4. The van der Waals surface area contributed by atoms with Gasteiger partial charge in [0.15, 0.2) is 24.6 Å². The molecule has 1 rings (SSSR count). The highest BCUT2D eigenvalue weighted by molar-refractivity contribution is 9.10. The van der Waals surface area contributed by atoms with Crippen LogP contribution in [0.4, 0.5) is 4.39 Å². The van der Waals surface area contributed by atoms with Crippen LogP contribution in [0.25, 0.3) is 0 Å². The van der Waals surface area contributed by atoms with Gasteiger partial charge in [0.25, 0.3) is 0 Å². The Morgan fingerprint density at radius 1 is 1.57 bits per heavy atom. The van der Waals surface area contributed by atoms with E-state index >= 15 is 0 Å². The maximum atomic E-state index is 13.2. The minimum absolute atomic E-state index is 0.101. The minimum atomic E-state index is -0.590. The highest BCUT2D eigenvalue weighted by Gasteiger charge is 2.12. The van der Waals surface area contributed by atoms with Crippen LogP contribution in [0.2, 0.25) is 0 Å². The summed E-state index contributed by atoms with van der Waals surface area (Å²) in [4.78, 5) is 10.6. The van der Waals surface area contributed by atoms with E-state index in [1.54, 1.807) is 0 Å². The molecule has 5 heteroatoms. The third-order valence-electron chi connectivity index (χ3n) is 1.53. The molecule has 0 atom stereocenters. The number of hydrogen-bond donors (Lipinski definition) is 0. The lowest BCUT2D eigenvalue weighted by Crippen LogP contribution is -2.04. The first kappa shape index (κ1) is 11.1. The van der Waals surface area contributed by atoms with Gasteiger partial charge in [-0.2, -0.15) is 0 Å². The number of carbonyl (C=O) groups is 1. The third-order valence-corrected chi connectivity index (χ3v) is 2.23. The largest absolute Gasteiger partial charge is 0.464 e. The predicted octanol–water partition coefficient (Wildman–Crippen LogP) is 2.38. The predicted molar refractivity (Wildman–Crippen MR) is 52.0 cm³/mol. The van der Waals surface area contributed by atoms with E-state index in [2.05, 4.69) is 20.7 Å². The van der Waals surface area contributed by atoms with Crippen molar-refractivity contribution >= 4 is 22.2 Å². The van der Waals surface area contributed by atoms with Crippen LogP contribution < -0.4 is 4.74 Å². The van der Waals surface area contributed by atoms with Gasteiger partial charge in [0, 0.05) is 11.6 Å². The van der Waals surface area contributed by atoms with Crippen LogP contribution in [0.5, 0.6) is 5.75 Å². The van der Waals surface area contributed by atoms with Crippen molar-refractivity contribution in [1.29, 1.82) is 0 Å². The molecule has 0 aliphatic carbocycles. The van der Waals surface area contributed by atoms with Gasteiger partial charge in [0.2, 0.25) is 0 Å². The zero-order valence-corrected chi connectivity index (χ0v) is 9.01. The van der Waals surface area contributed by atoms with Crippen LogP contribution in [0.15, 0.2) is 16.6 Å². The van der Waals surface area contributed by atoms with Gasteiger partial charge in [0.05, 0.1) is 5.56 Å². The molecule has 0 heterocycles. The average molecular weight is 263 g/mol. The lowest BCUT2D eigenvalue weighted by Gasteiger charge is -2.09. The monoisotopic (exact) mass is 262 g/mol. The maximum Gasteiger partial charge on any atom is 0.188 e. The number of halogens is 2. The molecule has 0 N–H and O–H groups in total. The van der Waals surface area contributed by atoms with Crippen molar-refractivity contribution in [3.05, 3.63) is 28.0 Å². The molecule has 3 nitrogen and oxygen atoms in total. The number of hydrogen-bond acceptors (Lipinski definition) is 3. The molecule has 0 fully saturated rings. The fraction of sp³-hybridized carbons (Fsp3) is 0.222. The Labute approximate surface area is 88.9 Å². The Morgan fingerprint density at radius 3 is 2.86 bits per heavy atom. The lowest BCUT2D eigenvalue weighted by atomic mass is 10.2. The SMILES string of the molecule is COCOc1c(F)ccc(Br)c1C=O. The summed E-state index contributed by atoms with van der Waals surface area (Å²) in [6.45, 7) is -0.103. The summed E-state index contributed by atoms with van der Waals surface area (Å²) in [6, 6.07) is 2.65. The fourth-order valence-corrected chi connectivity index (χ4v) is 1.33. The van der Waals surface area contributed by atoms with E-state index in [0.29, 0.717) is 10.8 Å². The number of ether oxygens (including phenoxy) is 2. The van der Waals surface area contributed by atoms with Crippen molar-refractivity contribution in [3.63, 3.8) is 0 Å². The molecule has 0 aliphatic rings. The van der Waals surface area contributed by atoms with Crippen LogP contribution in [0.3, 0.4) is 0 Å². The van der Waals surface area contributed by atoms with Gasteiger partial charge in [-0.05, 0) is 28.1 Å². The molecule has 14 heavy (non-hydrogen) atoms. The van der Waals surface area contributed by atoms with E-state index in [0.717, 1.165) is 0 Å². The van der Waals surface area contributed by atoms with Crippen molar-refractivity contribution in [2.75, 3.05) is 13.9 Å². The van der Waals surface area contributed by atoms with E-state index in [9.17, 15) is 9.18 Å². The molecule has 0 saturated carbocycles. The van der Waals surface area contributed by atoms with Gasteiger partial charge in [-0.3, -0.25) is 4.79 Å². The molecule has 0 spiro atoms. The van der Waals surface area contributed by atoms with Crippen LogP contribution >= 0.6 is 15.9 Å². The van der Waals surface area contributed by atoms with Gasteiger partial charge in [-0.15, -0.1) is 0 Å². The molecule has 0 amide bonds. The zero-order chi connectivity index (χ0) is 10.6. The van der Waals surface area contributed by atoms with Crippen molar-refractivity contribution < 1.29 is 18.7 Å². The number of benzene rings is 1. The molecule has 0 bridgehead atoms. The molecule has 0 saturated heterocycles. The summed E-state index contributed by atoms with van der Waals surface area (Å²) in [5.41, 5.74) is 0.141. The summed E-state index contributed by atoms with van der Waals surface area (Å²) in [5, 5.41) is 0. The van der Waals surface area contributed by atoms with E-state index in [4.69, 9.17) is 4.74 Å². The van der Waals surface area contributed by atoms with Crippen LogP contribution in [-0.2, 0) is 4.74 Å². The lowest BCUT2D eigenvalue weighted by molar-refractivity contribution is 0.0476. The summed E-state index contributed by atoms with van der Waals surface area (Å²) >= 11 is 3.11. The van der Waals surface area contributed by atoms with Gasteiger partial charge in [-0.1, -0.05) is 0 Å². The second-order valence-corrected chi connectivity index (χ2v) is 3.30. The third kappa shape index (κ3) is 2.30. The van der Waals surface area contributed by atoms with Crippen molar-refractivity contribution in [2.24, 2.45) is 0 Å². The first-order chi connectivity index (χ1) is 6.70. The van der Waals surface area contributed by atoms with E-state index in [1.165, 1.54) is 19.2 Å². The van der Waals surface area contributed by atoms with Gasteiger partial charge < -0.3 is 9.47 Å². The first-order valence-corrected chi connectivity index (χ1v) is 4.55. The molecule has 1 aromatic carbocycles. The average Bonchev–Trinajstić information content (AvgIpc) is 2.19. The fourth-order valence-electron chi connectivity index (χ4n) is 0.923. The Hall–Kier alpha value is -0.940. The number of aldehydes is 1. The summed E-state index contributed by atoms with van der Waals surface area (Å²) < 4.78 is 23.2. The Bertz CT molecular complexity index is 341. The standard InChI is InChI=1S/C9H8BrFO3/c1-13-5-14-9-6(4-12)7(10)2-3-8(9)11/h2-4H,5H2,1H3. The van der Waals surface area contributed by atoms with E-state index in [1.807, 2.05) is 0 Å². The van der Waals surface area contributed by atoms with Crippen LogP contribution in [0.1, 0.15) is 10.4 Å². The molecule has 76 valence electrons. The zero-order valence-electron chi connectivity index (χ0n) is 7.42. The molecular formula is C9H8BrFO3. The maximum absolute atomic E-state index is 13.2. The molecule has 1 aromatic rings. The first-order valence-electron chi connectivity index (χ1n) is 3.75. The van der Waals surface area contributed by atoms with Crippen LogP contribution in [0, 0.1) is 5.82 Å². The second-order valence-electron chi connectivity index (χ2n) is 2.44. The normalized spacial score (nSPS) is 9.93. The quantitative estimate of drug-likeness (QED) is 0.618. The van der Waals surface area contributed by atoms with E-state index < -0.39 is 5.82 Å². The van der Waals surface area contributed by atoms with Gasteiger partial charge in [-0.25, -0.2) is 4.39 Å². The second kappa shape index (κ2) is 5.07. The van der Waals surface area contributed by atoms with Crippen molar-refractivity contribution in [3.8, 4) is 5.75 Å². The van der Waals surface area contributed by atoms with E-state index in [-0.39, 0.29) is 18.1 Å². The minimum Gasteiger partial charge on any atom is -0.464 e. The Kier molecular flexibility index (Phi) is 4.03. The summed E-state index contributed by atoms with van der Waals surface area (Å²) in [7, 11) is 1.41. The van der Waals surface area contributed by atoms with Crippen LogP contribution in [-0.4, -0.2) is 20.2 Å². The van der Waals surface area contributed by atoms with Crippen molar-refractivity contribution in [1.82, 2.24) is 0 Å². The molecule has 0 aromatic heterocycles. The number of carbonyl (C=O) groups excluding carboxylic acids is 1. The number of methoxy groups -OCH3 is 1. The Morgan fingerprint density at radius 2 is 2.29 bits per heavy atom. The molecule has 0 aliphatic heterocycles. The highest BCUT2D eigenvalue weighted by atomic mass is 79.9. The summed E-state index contributed by atoms with van der Waals surface area (Å²) in [5.74, 6) is -0.691. The molecule has 0 unspecified atom stereocenters. The van der Waals surface area contributed by atoms with Gasteiger partial charge in [0.1, 0.15) is 0 Å². The summed E-state index contributed by atoms with van der Waals surface area (Å²) in [6.07, 6.45) is 0.526. The smallest absolute Gasteiger partial charge is 0.188 e. The molecule has 0 radical (unpaired) electrons.